The number of hydrogen-bond acceptors (Lipinski definition) is 3. The molecule has 0 saturated heterocycles. The van der Waals surface area contributed by atoms with Crippen molar-refractivity contribution in [3.8, 4) is 0 Å². The Labute approximate surface area is 187 Å². The first kappa shape index (κ1) is 21.4. The van der Waals surface area contributed by atoms with Crippen LogP contribution in [0.1, 0.15) is 45.9 Å². The quantitative estimate of drug-likeness (QED) is 0.552. The first-order valence-electron chi connectivity index (χ1n) is 10.1. The van der Waals surface area contributed by atoms with E-state index < -0.39 is 10.0 Å². The minimum absolute atomic E-state index is 0.0959. The molecule has 31 heavy (non-hydrogen) atoms. The number of benzene rings is 3. The fourth-order valence-corrected chi connectivity index (χ4v) is 5.09. The summed E-state index contributed by atoms with van der Waals surface area (Å²) in [6, 6.07) is 19.1. The molecule has 0 saturated carbocycles. The minimum Gasteiger partial charge on any atom is -0.345 e. The lowest BCUT2D eigenvalue weighted by molar-refractivity contribution is 0.0933. The maximum Gasteiger partial charge on any atom is 0.261 e. The van der Waals surface area contributed by atoms with Crippen molar-refractivity contribution < 1.29 is 13.2 Å². The average Bonchev–Trinajstić information content (AvgIpc) is 2.75. The van der Waals surface area contributed by atoms with Crippen LogP contribution in [0.5, 0.6) is 0 Å². The molecular weight excluding hydrogens is 432 g/mol. The first-order valence-corrected chi connectivity index (χ1v) is 12.0. The van der Waals surface area contributed by atoms with Gasteiger partial charge in [0.2, 0.25) is 0 Å². The number of halogens is 1. The van der Waals surface area contributed by atoms with Crippen molar-refractivity contribution in [3.63, 3.8) is 0 Å². The molecule has 0 spiro atoms. The van der Waals surface area contributed by atoms with E-state index in [0.717, 1.165) is 30.4 Å². The van der Waals surface area contributed by atoms with Gasteiger partial charge in [-0.05, 0) is 67.6 Å². The summed E-state index contributed by atoms with van der Waals surface area (Å²) in [6.07, 6.45) is 2.84. The topological polar surface area (TPSA) is 75.3 Å². The largest absolute Gasteiger partial charge is 0.345 e. The van der Waals surface area contributed by atoms with Gasteiger partial charge in [0.15, 0.2) is 0 Å². The van der Waals surface area contributed by atoms with Crippen molar-refractivity contribution in [3.05, 3.63) is 94.0 Å². The van der Waals surface area contributed by atoms with E-state index in [-0.39, 0.29) is 33.1 Å². The normalized spacial score (nSPS) is 15.7. The number of anilines is 1. The monoisotopic (exact) mass is 454 g/mol. The third-order valence-electron chi connectivity index (χ3n) is 5.47. The van der Waals surface area contributed by atoms with Gasteiger partial charge in [-0.15, -0.1) is 0 Å². The summed E-state index contributed by atoms with van der Waals surface area (Å²) in [6.45, 7) is 1.89. The van der Waals surface area contributed by atoms with E-state index in [1.807, 2.05) is 25.1 Å². The van der Waals surface area contributed by atoms with E-state index in [4.69, 9.17) is 11.6 Å². The van der Waals surface area contributed by atoms with Gasteiger partial charge in [-0.2, -0.15) is 0 Å². The molecule has 1 atom stereocenters. The van der Waals surface area contributed by atoms with Crippen molar-refractivity contribution in [2.75, 3.05) is 4.72 Å². The van der Waals surface area contributed by atoms with E-state index in [2.05, 4.69) is 16.1 Å². The molecule has 3 aromatic rings. The van der Waals surface area contributed by atoms with E-state index in [1.165, 1.54) is 17.7 Å². The molecular formula is C24H23ClN2O3S. The number of carbonyl (C=O) groups excluding carboxylic acids is 1. The van der Waals surface area contributed by atoms with E-state index in [9.17, 15) is 13.2 Å². The summed E-state index contributed by atoms with van der Waals surface area (Å²) in [5, 5.41) is 3.32. The molecule has 4 rings (SSSR count). The van der Waals surface area contributed by atoms with Crippen LogP contribution in [0, 0.1) is 6.92 Å². The molecule has 5 nitrogen and oxygen atoms in total. The van der Waals surface area contributed by atoms with Crippen LogP contribution in [0.3, 0.4) is 0 Å². The summed E-state index contributed by atoms with van der Waals surface area (Å²) < 4.78 is 27.9. The fraction of sp³-hybridized carbons (Fsp3) is 0.208. The predicted molar refractivity (Wildman–Crippen MR) is 123 cm³/mol. The first-order chi connectivity index (χ1) is 14.8. The lowest BCUT2D eigenvalue weighted by Gasteiger charge is -2.26. The van der Waals surface area contributed by atoms with Gasteiger partial charge < -0.3 is 5.32 Å². The van der Waals surface area contributed by atoms with Crippen LogP contribution in [0.25, 0.3) is 0 Å². The Morgan fingerprint density at radius 2 is 1.77 bits per heavy atom. The Kier molecular flexibility index (Phi) is 6.03. The number of rotatable bonds is 5. The Balaban J connectivity index is 1.55. The Bertz CT molecular complexity index is 1220. The highest BCUT2D eigenvalue weighted by molar-refractivity contribution is 7.92. The zero-order valence-electron chi connectivity index (χ0n) is 17.1. The lowest BCUT2D eigenvalue weighted by Crippen LogP contribution is -2.31. The highest BCUT2D eigenvalue weighted by Crippen LogP contribution is 2.30. The van der Waals surface area contributed by atoms with Crippen LogP contribution < -0.4 is 10.0 Å². The Morgan fingerprint density at radius 3 is 2.55 bits per heavy atom. The molecule has 0 unspecified atom stereocenters. The molecule has 160 valence electrons. The lowest BCUT2D eigenvalue weighted by atomic mass is 9.87. The van der Waals surface area contributed by atoms with Crippen molar-refractivity contribution in [2.45, 2.75) is 37.1 Å². The number of hydrogen-bond donors (Lipinski definition) is 2. The van der Waals surface area contributed by atoms with Crippen LogP contribution in [0.2, 0.25) is 5.02 Å². The van der Waals surface area contributed by atoms with Crippen LogP contribution in [0.4, 0.5) is 5.69 Å². The minimum atomic E-state index is -3.78. The highest BCUT2D eigenvalue weighted by Gasteiger charge is 2.23. The van der Waals surface area contributed by atoms with Crippen LogP contribution in [-0.4, -0.2) is 14.3 Å². The molecule has 0 heterocycles. The van der Waals surface area contributed by atoms with Gasteiger partial charge in [-0.1, -0.05) is 53.6 Å². The van der Waals surface area contributed by atoms with Gasteiger partial charge in [0.05, 0.1) is 21.5 Å². The van der Waals surface area contributed by atoms with Gasteiger partial charge in [-0.3, -0.25) is 9.52 Å². The van der Waals surface area contributed by atoms with Gasteiger partial charge in [-0.25, -0.2) is 8.42 Å². The Morgan fingerprint density at radius 1 is 1.03 bits per heavy atom. The van der Waals surface area contributed by atoms with E-state index in [0.29, 0.717) is 0 Å². The van der Waals surface area contributed by atoms with Crippen molar-refractivity contribution in [1.29, 1.82) is 0 Å². The standard InChI is InChI=1S/C24H23ClN2O3S/c1-16-9-12-19(13-10-16)31(29,30)27-18-11-14-22(25)21(15-18)24(28)26-23-8-4-6-17-5-2-3-7-20(17)23/h2-3,5,7,9-15,23,27H,4,6,8H2,1H3,(H,26,28)/t23-/m0/s1. The third-order valence-corrected chi connectivity index (χ3v) is 7.20. The molecule has 7 heteroatoms. The number of fused-ring (bicyclic) bond motifs is 1. The zero-order chi connectivity index (χ0) is 22.0. The summed E-state index contributed by atoms with van der Waals surface area (Å²) in [4.78, 5) is 13.1. The van der Waals surface area contributed by atoms with Crippen molar-refractivity contribution in [1.82, 2.24) is 5.32 Å². The maximum atomic E-state index is 13.0. The number of aryl methyl sites for hydroxylation is 2. The van der Waals surface area contributed by atoms with Crippen molar-refractivity contribution in [2.24, 2.45) is 0 Å². The molecule has 1 aliphatic rings. The second-order valence-electron chi connectivity index (χ2n) is 7.73. The summed E-state index contributed by atoms with van der Waals surface area (Å²) in [7, 11) is -3.78. The Hall–Kier alpha value is -2.83. The van der Waals surface area contributed by atoms with Crippen LogP contribution in [0.15, 0.2) is 71.6 Å². The smallest absolute Gasteiger partial charge is 0.261 e. The molecule has 1 amide bonds. The molecule has 0 aliphatic heterocycles. The van der Waals surface area contributed by atoms with Crippen LogP contribution in [-0.2, 0) is 16.4 Å². The average molecular weight is 455 g/mol. The summed E-state index contributed by atoms with van der Waals surface area (Å²) in [5.74, 6) is -0.330. The number of amides is 1. The van der Waals surface area contributed by atoms with Crippen LogP contribution >= 0.6 is 11.6 Å². The molecule has 1 aliphatic carbocycles. The molecule has 0 aromatic heterocycles. The van der Waals surface area contributed by atoms with Gasteiger partial charge >= 0.3 is 0 Å². The summed E-state index contributed by atoms with van der Waals surface area (Å²) in [5.41, 5.74) is 3.83. The van der Waals surface area contributed by atoms with Crippen molar-refractivity contribution >= 4 is 33.2 Å². The molecule has 0 bridgehead atoms. The maximum absolute atomic E-state index is 13.0. The van der Waals surface area contributed by atoms with Gasteiger partial charge in [0, 0.05) is 5.69 Å². The fourth-order valence-electron chi connectivity index (χ4n) is 3.83. The molecule has 0 radical (unpaired) electrons. The molecule has 2 N–H and O–H groups in total. The highest BCUT2D eigenvalue weighted by atomic mass is 35.5. The second-order valence-corrected chi connectivity index (χ2v) is 9.82. The molecule has 3 aromatic carbocycles. The number of nitrogens with one attached hydrogen (secondary N) is 2. The zero-order valence-corrected chi connectivity index (χ0v) is 18.6. The summed E-state index contributed by atoms with van der Waals surface area (Å²) >= 11 is 6.28. The predicted octanol–water partition coefficient (Wildman–Crippen LogP) is 5.26. The molecule has 0 fully saturated rings. The third kappa shape index (κ3) is 4.75. The number of sulfonamides is 1. The van der Waals surface area contributed by atoms with Gasteiger partial charge in [0.25, 0.3) is 15.9 Å². The van der Waals surface area contributed by atoms with E-state index >= 15 is 0 Å². The second kappa shape index (κ2) is 8.73. The SMILES string of the molecule is Cc1ccc(S(=O)(=O)Nc2ccc(Cl)c(C(=O)N[C@H]3CCCc4ccccc43)c2)cc1. The van der Waals surface area contributed by atoms with Gasteiger partial charge in [0.1, 0.15) is 0 Å². The van der Waals surface area contributed by atoms with E-state index in [1.54, 1.807) is 30.3 Å². The number of carbonyl (C=O) groups is 1.